The Bertz CT molecular complexity index is 745. The van der Waals surface area contributed by atoms with E-state index in [0.717, 1.165) is 24.2 Å². The van der Waals surface area contributed by atoms with Crippen LogP contribution in [0.4, 0.5) is 4.79 Å². The fourth-order valence-corrected chi connectivity index (χ4v) is 3.72. The van der Waals surface area contributed by atoms with E-state index in [-0.39, 0.29) is 18.4 Å². The van der Waals surface area contributed by atoms with E-state index in [1.165, 1.54) is 0 Å². The van der Waals surface area contributed by atoms with Crippen molar-refractivity contribution in [1.29, 1.82) is 0 Å². The van der Waals surface area contributed by atoms with Crippen LogP contribution in [0.15, 0.2) is 24.3 Å². The van der Waals surface area contributed by atoms with Gasteiger partial charge in [0.2, 0.25) is 5.91 Å². The van der Waals surface area contributed by atoms with Gasteiger partial charge in [0.05, 0.1) is 7.11 Å². The first kappa shape index (κ1) is 20.2. The monoisotopic (exact) mass is 387 g/mol. The smallest absolute Gasteiger partial charge is 0.325 e. The van der Waals surface area contributed by atoms with Crippen molar-refractivity contribution in [3.8, 4) is 5.75 Å². The third kappa shape index (κ3) is 3.84. The van der Waals surface area contributed by atoms with Gasteiger partial charge >= 0.3 is 6.03 Å². The van der Waals surface area contributed by atoms with E-state index in [4.69, 9.17) is 4.74 Å². The van der Waals surface area contributed by atoms with Crippen molar-refractivity contribution < 1.29 is 19.1 Å². The summed E-state index contributed by atoms with van der Waals surface area (Å²) in [6.07, 6.45) is 3.54. The lowest BCUT2D eigenvalue weighted by molar-refractivity contribution is -0.139. The molecule has 1 saturated carbocycles. The fourth-order valence-electron chi connectivity index (χ4n) is 3.72. The number of hydrogen-bond acceptors (Lipinski definition) is 4. The van der Waals surface area contributed by atoms with Crippen LogP contribution in [-0.4, -0.2) is 54.4 Å². The molecule has 0 bridgehead atoms. The summed E-state index contributed by atoms with van der Waals surface area (Å²) in [5.74, 6) is 0.696. The molecule has 1 heterocycles. The van der Waals surface area contributed by atoms with Gasteiger partial charge in [0.15, 0.2) is 0 Å². The normalized spacial score (nSPS) is 21.6. The standard InChI is InChI=1S/C21H29N3O4/c1-4-12-23(13-15-6-7-15)18(25)14-24-19(26)21(5-2,22-20(24)27)16-8-10-17(28-3)11-9-16/h8-11,15H,4-7,12-14H2,1-3H3,(H,22,27)/t21-/m1/s1. The van der Waals surface area contributed by atoms with Crippen molar-refractivity contribution in [3.05, 3.63) is 29.8 Å². The summed E-state index contributed by atoms with van der Waals surface area (Å²) in [5.41, 5.74) is -0.456. The third-order valence-corrected chi connectivity index (χ3v) is 5.60. The minimum atomic E-state index is -1.14. The van der Waals surface area contributed by atoms with Gasteiger partial charge in [-0.05, 0) is 49.3 Å². The van der Waals surface area contributed by atoms with Gasteiger partial charge < -0.3 is 15.0 Å². The van der Waals surface area contributed by atoms with Crippen molar-refractivity contribution in [2.24, 2.45) is 5.92 Å². The van der Waals surface area contributed by atoms with Crippen LogP contribution < -0.4 is 10.1 Å². The summed E-state index contributed by atoms with van der Waals surface area (Å²) in [4.78, 5) is 41.5. The van der Waals surface area contributed by atoms with Gasteiger partial charge in [-0.3, -0.25) is 14.5 Å². The highest BCUT2D eigenvalue weighted by Crippen LogP contribution is 2.34. The number of hydrogen-bond donors (Lipinski definition) is 1. The highest BCUT2D eigenvalue weighted by atomic mass is 16.5. The number of carbonyl (C=O) groups excluding carboxylic acids is 3. The first-order chi connectivity index (χ1) is 13.4. The predicted molar refractivity (Wildman–Crippen MR) is 105 cm³/mol. The average Bonchev–Trinajstić information content (AvgIpc) is 3.49. The summed E-state index contributed by atoms with van der Waals surface area (Å²) in [7, 11) is 1.57. The molecule has 1 aliphatic carbocycles. The Hall–Kier alpha value is -2.57. The maximum absolute atomic E-state index is 13.2. The van der Waals surface area contributed by atoms with E-state index in [9.17, 15) is 14.4 Å². The number of urea groups is 1. The van der Waals surface area contributed by atoms with Gasteiger partial charge in [-0.15, -0.1) is 0 Å². The molecule has 1 aromatic carbocycles. The fraction of sp³-hybridized carbons (Fsp3) is 0.571. The topological polar surface area (TPSA) is 79.0 Å². The van der Waals surface area contributed by atoms with Crippen LogP contribution in [-0.2, 0) is 15.1 Å². The molecule has 3 rings (SSSR count). The second kappa shape index (κ2) is 8.20. The van der Waals surface area contributed by atoms with Gasteiger partial charge in [-0.2, -0.15) is 0 Å². The molecule has 1 saturated heterocycles. The predicted octanol–water partition coefficient (Wildman–Crippen LogP) is 2.50. The van der Waals surface area contributed by atoms with Gasteiger partial charge in [-0.25, -0.2) is 4.79 Å². The Morgan fingerprint density at radius 2 is 1.93 bits per heavy atom. The number of methoxy groups -OCH3 is 1. The number of benzene rings is 1. The summed E-state index contributed by atoms with van der Waals surface area (Å²) < 4.78 is 5.17. The van der Waals surface area contributed by atoms with Crippen molar-refractivity contribution in [3.63, 3.8) is 0 Å². The average molecular weight is 387 g/mol. The van der Waals surface area contributed by atoms with E-state index in [0.29, 0.717) is 36.7 Å². The van der Waals surface area contributed by atoms with E-state index in [2.05, 4.69) is 5.32 Å². The maximum Gasteiger partial charge on any atom is 0.325 e. The van der Waals surface area contributed by atoms with Crippen LogP contribution in [0.2, 0.25) is 0 Å². The molecule has 0 spiro atoms. The van der Waals surface area contributed by atoms with E-state index >= 15 is 0 Å². The zero-order valence-electron chi connectivity index (χ0n) is 16.9. The number of rotatable bonds is 9. The Morgan fingerprint density at radius 1 is 1.25 bits per heavy atom. The largest absolute Gasteiger partial charge is 0.497 e. The van der Waals surface area contributed by atoms with Gasteiger partial charge in [0, 0.05) is 13.1 Å². The lowest BCUT2D eigenvalue weighted by Crippen LogP contribution is -2.46. The summed E-state index contributed by atoms with van der Waals surface area (Å²) in [5, 5.41) is 2.83. The molecule has 1 aromatic rings. The van der Waals surface area contributed by atoms with Crippen molar-refractivity contribution in [1.82, 2.24) is 15.1 Å². The number of imide groups is 1. The summed E-state index contributed by atoms with van der Waals surface area (Å²) in [6, 6.07) is 6.57. The van der Waals surface area contributed by atoms with Gasteiger partial charge in [0.25, 0.3) is 5.91 Å². The van der Waals surface area contributed by atoms with Crippen LogP contribution in [0.25, 0.3) is 0 Å². The minimum Gasteiger partial charge on any atom is -0.497 e. The molecule has 7 heteroatoms. The maximum atomic E-state index is 13.2. The van der Waals surface area contributed by atoms with Crippen LogP contribution in [0.5, 0.6) is 5.75 Å². The molecule has 7 nitrogen and oxygen atoms in total. The van der Waals surface area contributed by atoms with Crippen LogP contribution in [0, 0.1) is 5.92 Å². The number of nitrogens with one attached hydrogen (secondary N) is 1. The van der Waals surface area contributed by atoms with E-state index in [1.54, 1.807) is 36.3 Å². The second-order valence-corrected chi connectivity index (χ2v) is 7.59. The summed E-state index contributed by atoms with van der Waals surface area (Å²) >= 11 is 0. The molecule has 2 aliphatic rings. The second-order valence-electron chi connectivity index (χ2n) is 7.59. The molecule has 4 amide bonds. The molecule has 28 heavy (non-hydrogen) atoms. The number of carbonyl (C=O) groups is 3. The molecule has 0 unspecified atom stereocenters. The van der Waals surface area contributed by atoms with E-state index in [1.807, 2.05) is 13.8 Å². The molecule has 152 valence electrons. The molecular weight excluding hydrogens is 358 g/mol. The zero-order valence-corrected chi connectivity index (χ0v) is 16.9. The van der Waals surface area contributed by atoms with Gasteiger partial charge in [0.1, 0.15) is 17.8 Å². The number of amides is 4. The van der Waals surface area contributed by atoms with Crippen LogP contribution in [0.3, 0.4) is 0 Å². The molecular formula is C21H29N3O4. The molecule has 1 aliphatic heterocycles. The molecule has 0 radical (unpaired) electrons. The van der Waals surface area contributed by atoms with Crippen molar-refractivity contribution in [2.75, 3.05) is 26.7 Å². The number of ether oxygens (including phenoxy) is 1. The summed E-state index contributed by atoms with van der Waals surface area (Å²) in [6.45, 7) is 5.02. The van der Waals surface area contributed by atoms with Crippen LogP contribution in [0.1, 0.15) is 45.1 Å². The quantitative estimate of drug-likeness (QED) is 0.661. The highest BCUT2D eigenvalue weighted by Gasteiger charge is 2.51. The van der Waals surface area contributed by atoms with E-state index < -0.39 is 11.6 Å². The van der Waals surface area contributed by atoms with Crippen molar-refractivity contribution >= 4 is 17.8 Å². The molecule has 1 N–H and O–H groups in total. The lowest BCUT2D eigenvalue weighted by atomic mass is 9.87. The molecule has 2 fully saturated rings. The van der Waals surface area contributed by atoms with Crippen molar-refractivity contribution in [2.45, 2.75) is 45.1 Å². The molecule has 1 atom stereocenters. The Labute approximate surface area is 166 Å². The molecule has 0 aromatic heterocycles. The number of nitrogens with zero attached hydrogens (tertiary/aromatic N) is 2. The minimum absolute atomic E-state index is 0.168. The lowest BCUT2D eigenvalue weighted by Gasteiger charge is -2.27. The highest BCUT2D eigenvalue weighted by molar-refractivity contribution is 6.09. The first-order valence-electron chi connectivity index (χ1n) is 10.0. The Morgan fingerprint density at radius 3 is 2.46 bits per heavy atom. The third-order valence-electron chi connectivity index (χ3n) is 5.60. The Kier molecular flexibility index (Phi) is 5.91. The van der Waals surface area contributed by atoms with Crippen LogP contribution >= 0.6 is 0 Å². The Balaban J connectivity index is 1.77. The zero-order chi connectivity index (χ0) is 20.3. The first-order valence-corrected chi connectivity index (χ1v) is 10.0. The van der Waals surface area contributed by atoms with Gasteiger partial charge in [-0.1, -0.05) is 26.0 Å². The SMILES string of the molecule is CCCN(CC1CC1)C(=O)CN1C(=O)N[C@](CC)(c2ccc(OC)cc2)C1=O.